The van der Waals surface area contributed by atoms with E-state index in [4.69, 9.17) is 9.47 Å². The maximum absolute atomic E-state index is 12.2. The number of carbonyl (C=O) groups excluding carboxylic acids is 2. The highest BCUT2D eigenvalue weighted by atomic mass is 16.6. The number of aromatic nitrogens is 2. The number of hydrogen-bond acceptors (Lipinski definition) is 5. The van der Waals surface area contributed by atoms with Crippen molar-refractivity contribution in [1.82, 2.24) is 14.5 Å². The van der Waals surface area contributed by atoms with Crippen molar-refractivity contribution in [2.45, 2.75) is 19.1 Å². The Labute approximate surface area is 140 Å². The van der Waals surface area contributed by atoms with E-state index < -0.39 is 18.1 Å². The number of nitrogens with zero attached hydrogens (tertiary/aromatic N) is 3. The number of hydrogen-bond donors (Lipinski definition) is 0. The third kappa shape index (κ3) is 4.58. The maximum atomic E-state index is 12.2. The van der Waals surface area contributed by atoms with E-state index in [0.717, 1.165) is 5.56 Å². The molecule has 0 aliphatic heterocycles. The number of rotatable bonds is 6. The van der Waals surface area contributed by atoms with Gasteiger partial charge in [0.1, 0.15) is 12.6 Å². The van der Waals surface area contributed by atoms with Crippen LogP contribution in [0.25, 0.3) is 0 Å². The molecule has 0 N–H and O–H groups in total. The summed E-state index contributed by atoms with van der Waals surface area (Å²) < 4.78 is 11.8. The first kappa shape index (κ1) is 17.5. The Morgan fingerprint density at radius 3 is 2.58 bits per heavy atom. The van der Waals surface area contributed by atoms with Crippen molar-refractivity contribution in [3.05, 3.63) is 54.1 Å². The summed E-state index contributed by atoms with van der Waals surface area (Å²) in [6.45, 7) is 0.140. The van der Waals surface area contributed by atoms with Gasteiger partial charge < -0.3 is 14.0 Å². The van der Waals surface area contributed by atoms with E-state index in [1.54, 1.807) is 17.1 Å². The van der Waals surface area contributed by atoms with Gasteiger partial charge in [0, 0.05) is 26.7 Å². The predicted molar refractivity (Wildman–Crippen MR) is 87.1 cm³/mol. The summed E-state index contributed by atoms with van der Waals surface area (Å²) in [6.07, 6.45) is 3.09. The zero-order valence-corrected chi connectivity index (χ0v) is 14.0. The van der Waals surface area contributed by atoms with Crippen molar-refractivity contribution < 1.29 is 19.1 Å². The van der Waals surface area contributed by atoms with Crippen LogP contribution in [0.1, 0.15) is 11.3 Å². The molecule has 7 heteroatoms. The minimum absolute atomic E-state index is 0.140. The van der Waals surface area contributed by atoms with Crippen molar-refractivity contribution in [3.8, 4) is 0 Å². The molecule has 0 bridgehead atoms. The highest BCUT2D eigenvalue weighted by Crippen LogP contribution is 2.10. The van der Waals surface area contributed by atoms with Crippen LogP contribution in [0.2, 0.25) is 0 Å². The molecule has 0 radical (unpaired) electrons. The number of carbonyl (C=O) groups is 2. The van der Waals surface area contributed by atoms with Gasteiger partial charge in [-0.25, -0.2) is 14.6 Å². The lowest BCUT2D eigenvalue weighted by Crippen LogP contribution is -2.44. The minimum atomic E-state index is -0.798. The van der Waals surface area contributed by atoms with Gasteiger partial charge in [-0.2, -0.15) is 0 Å². The first-order valence-electron chi connectivity index (χ1n) is 7.49. The minimum Gasteiger partial charge on any atom is -0.467 e. The molecule has 0 fully saturated rings. The quantitative estimate of drug-likeness (QED) is 0.754. The summed E-state index contributed by atoms with van der Waals surface area (Å²) in [5.74, 6) is -0.514. The number of imidazole rings is 1. The number of likely N-dealkylation sites (N-methyl/N-ethyl adjacent to an activating group) is 1. The molecule has 0 saturated carbocycles. The second kappa shape index (κ2) is 8.14. The lowest BCUT2D eigenvalue weighted by atomic mass is 10.1. The van der Waals surface area contributed by atoms with Gasteiger partial charge in [-0.15, -0.1) is 0 Å². The Kier molecular flexibility index (Phi) is 5.95. The second-order valence-electron chi connectivity index (χ2n) is 5.42. The SMILES string of the molecule is COC(=O)[C@@H](Cc1cn(C)cn1)N(C)C(=O)OCc1ccccc1. The Balaban J connectivity index is 2.01. The second-order valence-corrected chi connectivity index (χ2v) is 5.42. The molecule has 0 aliphatic rings. The molecular weight excluding hydrogens is 310 g/mol. The zero-order valence-electron chi connectivity index (χ0n) is 14.0. The molecule has 1 aromatic carbocycles. The lowest BCUT2D eigenvalue weighted by molar-refractivity contribution is -0.146. The standard InChI is InChI=1S/C17H21N3O4/c1-19-10-14(18-12-19)9-15(16(21)23-3)20(2)17(22)24-11-13-7-5-4-6-8-13/h4-8,10,12,15H,9,11H2,1-3H3/t15-/m1/s1. The molecule has 1 atom stereocenters. The fraction of sp³-hybridized carbons (Fsp3) is 0.353. The molecule has 1 amide bonds. The Hall–Kier alpha value is -2.83. The normalized spacial score (nSPS) is 11.6. The smallest absolute Gasteiger partial charge is 0.410 e. The van der Waals surface area contributed by atoms with Crippen molar-refractivity contribution >= 4 is 12.1 Å². The van der Waals surface area contributed by atoms with Gasteiger partial charge in [-0.3, -0.25) is 4.90 Å². The molecule has 7 nitrogen and oxygen atoms in total. The van der Waals surface area contributed by atoms with Crippen LogP contribution in [0, 0.1) is 0 Å². The van der Waals surface area contributed by atoms with E-state index >= 15 is 0 Å². The predicted octanol–water partition coefficient (Wildman–Crippen LogP) is 1.77. The third-order valence-corrected chi connectivity index (χ3v) is 3.59. The largest absolute Gasteiger partial charge is 0.467 e. The van der Waals surface area contributed by atoms with Crippen LogP contribution in [0.4, 0.5) is 4.79 Å². The summed E-state index contributed by atoms with van der Waals surface area (Å²) in [4.78, 5) is 29.7. The van der Waals surface area contributed by atoms with Crippen LogP contribution >= 0.6 is 0 Å². The van der Waals surface area contributed by atoms with E-state index in [0.29, 0.717) is 5.69 Å². The molecule has 24 heavy (non-hydrogen) atoms. The van der Waals surface area contributed by atoms with Crippen LogP contribution < -0.4 is 0 Å². The average Bonchev–Trinajstić information content (AvgIpc) is 3.02. The fourth-order valence-corrected chi connectivity index (χ4v) is 2.23. The van der Waals surface area contributed by atoms with E-state index in [1.165, 1.54) is 19.1 Å². The lowest BCUT2D eigenvalue weighted by Gasteiger charge is -2.24. The zero-order chi connectivity index (χ0) is 17.5. The number of esters is 1. The van der Waals surface area contributed by atoms with Crippen LogP contribution in [-0.4, -0.2) is 46.7 Å². The molecule has 1 aromatic heterocycles. The van der Waals surface area contributed by atoms with Gasteiger partial charge in [0.25, 0.3) is 0 Å². The monoisotopic (exact) mass is 331 g/mol. The molecule has 128 valence electrons. The molecule has 1 heterocycles. The Morgan fingerprint density at radius 1 is 1.29 bits per heavy atom. The van der Waals surface area contributed by atoms with Gasteiger partial charge >= 0.3 is 12.1 Å². The van der Waals surface area contributed by atoms with Gasteiger partial charge in [0.05, 0.1) is 19.1 Å². The molecule has 0 aliphatic carbocycles. The number of methoxy groups -OCH3 is 1. The summed E-state index contributed by atoms with van der Waals surface area (Å²) in [6, 6.07) is 8.54. The van der Waals surface area contributed by atoms with Crippen LogP contribution in [0.3, 0.4) is 0 Å². The molecule has 2 rings (SSSR count). The summed E-state index contributed by atoms with van der Waals surface area (Å²) in [5, 5.41) is 0. The van der Waals surface area contributed by atoms with Crippen LogP contribution in [0.5, 0.6) is 0 Å². The van der Waals surface area contributed by atoms with Gasteiger partial charge in [0.15, 0.2) is 0 Å². The molecule has 2 aromatic rings. The first-order chi connectivity index (χ1) is 11.5. The van der Waals surface area contributed by atoms with Gasteiger partial charge in [-0.05, 0) is 5.56 Å². The number of benzene rings is 1. The van der Waals surface area contributed by atoms with Gasteiger partial charge in [0.2, 0.25) is 0 Å². The highest BCUT2D eigenvalue weighted by molar-refractivity contribution is 5.81. The van der Waals surface area contributed by atoms with E-state index in [9.17, 15) is 9.59 Å². The summed E-state index contributed by atoms with van der Waals surface area (Å²) in [5.41, 5.74) is 1.56. The fourth-order valence-electron chi connectivity index (χ4n) is 2.23. The molecule has 0 saturated heterocycles. The highest BCUT2D eigenvalue weighted by Gasteiger charge is 2.29. The maximum Gasteiger partial charge on any atom is 0.410 e. The topological polar surface area (TPSA) is 73.7 Å². The van der Waals surface area contributed by atoms with E-state index in [2.05, 4.69) is 4.98 Å². The van der Waals surface area contributed by atoms with Crippen LogP contribution in [0.15, 0.2) is 42.9 Å². The van der Waals surface area contributed by atoms with Crippen LogP contribution in [-0.2, 0) is 34.3 Å². The van der Waals surface area contributed by atoms with Crippen molar-refractivity contribution in [2.75, 3.05) is 14.2 Å². The average molecular weight is 331 g/mol. The molecule has 0 unspecified atom stereocenters. The summed E-state index contributed by atoms with van der Waals surface area (Å²) in [7, 11) is 4.64. The van der Waals surface area contributed by atoms with Crippen molar-refractivity contribution in [3.63, 3.8) is 0 Å². The van der Waals surface area contributed by atoms with Crippen molar-refractivity contribution in [1.29, 1.82) is 0 Å². The molecular formula is C17H21N3O4. The van der Waals surface area contributed by atoms with E-state index in [-0.39, 0.29) is 13.0 Å². The third-order valence-electron chi connectivity index (χ3n) is 3.59. The van der Waals surface area contributed by atoms with Crippen molar-refractivity contribution in [2.24, 2.45) is 7.05 Å². The van der Waals surface area contributed by atoms with Gasteiger partial charge in [-0.1, -0.05) is 30.3 Å². The number of ether oxygens (including phenoxy) is 2. The first-order valence-corrected chi connectivity index (χ1v) is 7.49. The number of amides is 1. The number of aryl methyl sites for hydroxylation is 1. The Morgan fingerprint density at radius 2 is 2.00 bits per heavy atom. The Bertz CT molecular complexity index is 684. The summed E-state index contributed by atoms with van der Waals surface area (Å²) >= 11 is 0. The molecule has 0 spiro atoms. The van der Waals surface area contributed by atoms with E-state index in [1.807, 2.05) is 37.4 Å².